The summed E-state index contributed by atoms with van der Waals surface area (Å²) in [7, 11) is 0. The first kappa shape index (κ1) is 14.1. The summed E-state index contributed by atoms with van der Waals surface area (Å²) in [6, 6.07) is 12.5. The summed E-state index contributed by atoms with van der Waals surface area (Å²) in [6.07, 6.45) is -0.719. The van der Waals surface area contributed by atoms with Crippen LogP contribution in [0.5, 0.6) is 5.75 Å². The molecule has 0 amide bonds. The molecule has 1 heterocycles. The SMILES string of the molecule is CC(Oc1cccc(C#N)c1)C(=O)OCc1cccs1. The van der Waals surface area contributed by atoms with Crippen LogP contribution in [0, 0.1) is 11.3 Å². The Morgan fingerprint density at radius 2 is 2.25 bits per heavy atom. The molecule has 0 fully saturated rings. The molecule has 0 aliphatic heterocycles. The van der Waals surface area contributed by atoms with Crippen molar-refractivity contribution >= 4 is 17.3 Å². The molecule has 20 heavy (non-hydrogen) atoms. The molecule has 0 aliphatic rings. The summed E-state index contributed by atoms with van der Waals surface area (Å²) in [4.78, 5) is 12.8. The summed E-state index contributed by atoms with van der Waals surface area (Å²) >= 11 is 1.53. The molecule has 0 spiro atoms. The van der Waals surface area contributed by atoms with Gasteiger partial charge in [-0.3, -0.25) is 0 Å². The lowest BCUT2D eigenvalue weighted by atomic mass is 10.2. The van der Waals surface area contributed by atoms with Gasteiger partial charge in [0, 0.05) is 4.88 Å². The highest BCUT2D eigenvalue weighted by Gasteiger charge is 2.16. The van der Waals surface area contributed by atoms with Gasteiger partial charge in [0.25, 0.3) is 0 Å². The number of thiophene rings is 1. The number of ether oxygens (including phenoxy) is 2. The van der Waals surface area contributed by atoms with Crippen LogP contribution in [-0.2, 0) is 16.1 Å². The van der Waals surface area contributed by atoms with Gasteiger partial charge in [-0.05, 0) is 36.6 Å². The number of rotatable bonds is 5. The minimum Gasteiger partial charge on any atom is -0.479 e. The van der Waals surface area contributed by atoms with Crippen molar-refractivity contribution in [3.63, 3.8) is 0 Å². The second kappa shape index (κ2) is 6.73. The molecule has 4 nitrogen and oxygen atoms in total. The molecule has 0 bridgehead atoms. The third-order valence-electron chi connectivity index (χ3n) is 2.54. The summed E-state index contributed by atoms with van der Waals surface area (Å²) in [5.74, 6) is 0.0467. The molecule has 2 rings (SSSR count). The highest BCUT2D eigenvalue weighted by Crippen LogP contribution is 2.15. The molecular weight excluding hydrogens is 274 g/mol. The van der Waals surface area contributed by atoms with E-state index in [-0.39, 0.29) is 6.61 Å². The van der Waals surface area contributed by atoms with E-state index in [9.17, 15) is 4.79 Å². The fraction of sp³-hybridized carbons (Fsp3) is 0.200. The van der Waals surface area contributed by atoms with Crippen LogP contribution >= 0.6 is 11.3 Å². The van der Waals surface area contributed by atoms with Crippen LogP contribution in [0.2, 0.25) is 0 Å². The van der Waals surface area contributed by atoms with Gasteiger partial charge in [0.05, 0.1) is 11.6 Å². The van der Waals surface area contributed by atoms with Crippen molar-refractivity contribution in [2.75, 3.05) is 0 Å². The van der Waals surface area contributed by atoms with Gasteiger partial charge in [-0.2, -0.15) is 5.26 Å². The van der Waals surface area contributed by atoms with E-state index in [2.05, 4.69) is 0 Å². The van der Waals surface area contributed by atoms with Crippen LogP contribution < -0.4 is 4.74 Å². The minimum atomic E-state index is -0.719. The van der Waals surface area contributed by atoms with Crippen LogP contribution in [0.15, 0.2) is 41.8 Å². The molecule has 0 aliphatic carbocycles. The van der Waals surface area contributed by atoms with Crippen molar-refractivity contribution in [2.24, 2.45) is 0 Å². The molecule has 1 aromatic heterocycles. The molecule has 1 aromatic carbocycles. The smallest absolute Gasteiger partial charge is 0.347 e. The van der Waals surface area contributed by atoms with Crippen molar-refractivity contribution < 1.29 is 14.3 Å². The highest BCUT2D eigenvalue weighted by molar-refractivity contribution is 7.09. The van der Waals surface area contributed by atoms with Crippen molar-refractivity contribution in [1.82, 2.24) is 0 Å². The van der Waals surface area contributed by atoms with Crippen LogP contribution in [-0.4, -0.2) is 12.1 Å². The van der Waals surface area contributed by atoms with E-state index in [1.54, 1.807) is 31.2 Å². The minimum absolute atomic E-state index is 0.252. The zero-order chi connectivity index (χ0) is 14.4. The first-order valence-electron chi connectivity index (χ1n) is 6.05. The molecule has 1 unspecified atom stereocenters. The third kappa shape index (κ3) is 3.84. The van der Waals surface area contributed by atoms with E-state index >= 15 is 0 Å². The maximum Gasteiger partial charge on any atom is 0.347 e. The zero-order valence-electron chi connectivity index (χ0n) is 10.9. The summed E-state index contributed by atoms with van der Waals surface area (Å²) in [5.41, 5.74) is 0.488. The third-order valence-corrected chi connectivity index (χ3v) is 3.39. The summed E-state index contributed by atoms with van der Waals surface area (Å²) in [6.45, 7) is 1.87. The fourth-order valence-electron chi connectivity index (χ4n) is 1.55. The Bertz CT molecular complexity index is 616. The summed E-state index contributed by atoms with van der Waals surface area (Å²) < 4.78 is 10.6. The number of carbonyl (C=O) groups excluding carboxylic acids is 1. The molecule has 0 saturated heterocycles. The molecular formula is C15H13NO3S. The quantitative estimate of drug-likeness (QED) is 0.793. The monoisotopic (exact) mass is 287 g/mol. The molecule has 2 aromatic rings. The van der Waals surface area contributed by atoms with Crippen LogP contribution in [0.4, 0.5) is 0 Å². The predicted molar refractivity (Wildman–Crippen MR) is 75.4 cm³/mol. The lowest BCUT2D eigenvalue weighted by Crippen LogP contribution is -2.25. The van der Waals surface area contributed by atoms with Gasteiger partial charge in [-0.15, -0.1) is 11.3 Å². The Balaban J connectivity index is 1.88. The second-order valence-electron chi connectivity index (χ2n) is 4.09. The Morgan fingerprint density at radius 3 is 2.95 bits per heavy atom. The van der Waals surface area contributed by atoms with Crippen LogP contribution in [0.25, 0.3) is 0 Å². The highest BCUT2D eigenvalue weighted by atomic mass is 32.1. The zero-order valence-corrected chi connectivity index (χ0v) is 11.7. The number of hydrogen-bond acceptors (Lipinski definition) is 5. The maximum atomic E-state index is 11.8. The molecule has 102 valence electrons. The summed E-state index contributed by atoms with van der Waals surface area (Å²) in [5, 5.41) is 10.7. The van der Waals surface area contributed by atoms with Gasteiger partial charge in [0.15, 0.2) is 6.10 Å². The maximum absolute atomic E-state index is 11.8. The topological polar surface area (TPSA) is 59.3 Å². The van der Waals surface area contributed by atoms with Gasteiger partial charge < -0.3 is 9.47 Å². The van der Waals surface area contributed by atoms with Gasteiger partial charge in [-0.1, -0.05) is 12.1 Å². The lowest BCUT2D eigenvalue weighted by Gasteiger charge is -2.13. The number of carbonyl (C=O) groups is 1. The van der Waals surface area contributed by atoms with Crippen molar-refractivity contribution in [2.45, 2.75) is 19.6 Å². The van der Waals surface area contributed by atoms with Crippen LogP contribution in [0.3, 0.4) is 0 Å². The van der Waals surface area contributed by atoms with Gasteiger partial charge >= 0.3 is 5.97 Å². The van der Waals surface area contributed by atoms with Gasteiger partial charge in [-0.25, -0.2) is 4.79 Å². The molecule has 0 N–H and O–H groups in total. The van der Waals surface area contributed by atoms with Crippen LogP contribution in [0.1, 0.15) is 17.4 Å². The standard InChI is InChI=1S/C15H13NO3S/c1-11(15(17)18-10-14-6-3-7-20-14)19-13-5-2-4-12(8-13)9-16/h2-8,11H,10H2,1H3. The van der Waals surface area contributed by atoms with Crippen molar-refractivity contribution in [3.8, 4) is 11.8 Å². The van der Waals surface area contributed by atoms with Gasteiger partial charge in [0.1, 0.15) is 12.4 Å². The molecule has 1 atom stereocenters. The second-order valence-corrected chi connectivity index (χ2v) is 5.12. The van der Waals surface area contributed by atoms with E-state index in [0.717, 1.165) is 4.88 Å². The Kier molecular flexibility index (Phi) is 4.75. The van der Waals surface area contributed by atoms with E-state index in [0.29, 0.717) is 11.3 Å². The fourth-order valence-corrected chi connectivity index (χ4v) is 2.16. The van der Waals surface area contributed by atoms with E-state index in [1.807, 2.05) is 23.6 Å². The van der Waals surface area contributed by atoms with Gasteiger partial charge in [0.2, 0.25) is 0 Å². The molecule has 0 saturated carbocycles. The Morgan fingerprint density at radius 1 is 1.40 bits per heavy atom. The van der Waals surface area contributed by atoms with Crippen molar-refractivity contribution in [1.29, 1.82) is 5.26 Å². The normalized spacial score (nSPS) is 11.4. The average Bonchev–Trinajstić information content (AvgIpc) is 2.98. The first-order chi connectivity index (χ1) is 9.69. The largest absolute Gasteiger partial charge is 0.479 e. The van der Waals surface area contributed by atoms with E-state index in [1.165, 1.54) is 11.3 Å². The average molecular weight is 287 g/mol. The number of esters is 1. The lowest BCUT2D eigenvalue weighted by molar-refractivity contribution is -0.152. The Labute approximate surface area is 121 Å². The Hall–Kier alpha value is -2.32. The van der Waals surface area contributed by atoms with E-state index in [4.69, 9.17) is 14.7 Å². The predicted octanol–water partition coefficient (Wildman–Crippen LogP) is 3.13. The number of nitrogens with zero attached hydrogens (tertiary/aromatic N) is 1. The number of hydrogen-bond donors (Lipinski definition) is 0. The van der Waals surface area contributed by atoms with E-state index < -0.39 is 12.1 Å². The first-order valence-corrected chi connectivity index (χ1v) is 6.93. The van der Waals surface area contributed by atoms with Crippen molar-refractivity contribution in [3.05, 3.63) is 52.2 Å². The number of nitriles is 1. The number of benzene rings is 1. The molecule has 5 heteroatoms. The molecule has 0 radical (unpaired) electrons.